The predicted molar refractivity (Wildman–Crippen MR) is 89.4 cm³/mol. The molecule has 1 saturated carbocycles. The van der Waals surface area contributed by atoms with Crippen molar-refractivity contribution >= 4 is 34.5 Å². The Kier molecular flexibility index (Phi) is 4.91. The molecule has 1 fully saturated rings. The van der Waals surface area contributed by atoms with Gasteiger partial charge in [0.05, 0.1) is 5.56 Å². The first-order valence-electron chi connectivity index (χ1n) is 7.17. The Morgan fingerprint density at radius 1 is 1.43 bits per heavy atom. The molecular formula is C16H20INO3. The maximum absolute atomic E-state index is 12.5. The van der Waals surface area contributed by atoms with E-state index in [1.54, 1.807) is 6.07 Å². The number of carboxylic acids is 1. The maximum atomic E-state index is 12.5. The fraction of sp³-hybridized carbons (Fsp3) is 0.500. The lowest BCUT2D eigenvalue weighted by Gasteiger charge is -2.37. The van der Waals surface area contributed by atoms with Gasteiger partial charge in [-0.1, -0.05) is 31.9 Å². The van der Waals surface area contributed by atoms with Crippen molar-refractivity contribution in [3.63, 3.8) is 0 Å². The molecule has 0 saturated heterocycles. The molecule has 2 N–H and O–H groups in total. The zero-order chi connectivity index (χ0) is 15.6. The molecule has 2 atom stereocenters. The summed E-state index contributed by atoms with van der Waals surface area (Å²) in [4.78, 5) is 24.2. The summed E-state index contributed by atoms with van der Waals surface area (Å²) in [6.45, 7) is 3.98. The zero-order valence-corrected chi connectivity index (χ0v) is 14.4. The number of carboxylic acid groups (broad SMARTS) is 1. The van der Waals surface area contributed by atoms with Crippen LogP contribution in [0.1, 0.15) is 48.5 Å². The van der Waals surface area contributed by atoms with Gasteiger partial charge in [-0.2, -0.15) is 0 Å². The van der Waals surface area contributed by atoms with Crippen LogP contribution in [-0.4, -0.2) is 22.5 Å². The molecule has 2 rings (SSSR count). The minimum Gasteiger partial charge on any atom is -0.480 e. The van der Waals surface area contributed by atoms with Crippen molar-refractivity contribution in [1.82, 2.24) is 5.32 Å². The van der Waals surface area contributed by atoms with Gasteiger partial charge in [-0.25, -0.2) is 4.79 Å². The third-order valence-corrected chi connectivity index (χ3v) is 5.63. The Hall–Kier alpha value is -1.11. The molecule has 0 heterocycles. The Bertz CT molecular complexity index is 573. The summed E-state index contributed by atoms with van der Waals surface area (Å²) in [5.41, 5.74) is 0.445. The first-order chi connectivity index (χ1) is 9.85. The number of amides is 1. The molecule has 1 aliphatic rings. The maximum Gasteiger partial charge on any atom is 0.329 e. The molecule has 1 aliphatic carbocycles. The van der Waals surface area contributed by atoms with Gasteiger partial charge in [0.15, 0.2) is 0 Å². The normalized spacial score (nSPS) is 25.4. The summed E-state index contributed by atoms with van der Waals surface area (Å²) in [6.07, 6.45) is 2.85. The van der Waals surface area contributed by atoms with Crippen molar-refractivity contribution in [2.75, 3.05) is 0 Å². The number of hydrogen-bond acceptors (Lipinski definition) is 2. The molecule has 1 aromatic carbocycles. The SMILES string of the molecule is Cc1cccc(C(=O)NC2(C(=O)O)CCCC(C)C2)c1I. The Balaban J connectivity index is 2.27. The standard InChI is InChI=1S/C16H20INO3/c1-10-5-4-8-16(9-10,15(20)21)18-14(19)12-7-3-6-11(2)13(12)17/h3,6-7,10H,4-5,8-9H2,1-2H3,(H,18,19)(H,20,21). The quantitative estimate of drug-likeness (QED) is 0.764. The molecule has 114 valence electrons. The Morgan fingerprint density at radius 2 is 2.14 bits per heavy atom. The van der Waals surface area contributed by atoms with Crippen molar-refractivity contribution in [1.29, 1.82) is 0 Å². The van der Waals surface area contributed by atoms with Gasteiger partial charge < -0.3 is 10.4 Å². The molecule has 0 spiro atoms. The van der Waals surface area contributed by atoms with Gasteiger partial charge in [-0.15, -0.1) is 0 Å². The topological polar surface area (TPSA) is 66.4 Å². The van der Waals surface area contributed by atoms with Crippen LogP contribution in [0.5, 0.6) is 0 Å². The smallest absolute Gasteiger partial charge is 0.329 e. The van der Waals surface area contributed by atoms with Gasteiger partial charge in [0.25, 0.3) is 5.91 Å². The van der Waals surface area contributed by atoms with Crippen molar-refractivity contribution in [2.45, 2.75) is 45.1 Å². The average Bonchev–Trinajstić information content (AvgIpc) is 2.41. The monoisotopic (exact) mass is 401 g/mol. The summed E-state index contributed by atoms with van der Waals surface area (Å²) in [6, 6.07) is 5.50. The predicted octanol–water partition coefficient (Wildman–Crippen LogP) is 3.36. The highest BCUT2D eigenvalue weighted by Gasteiger charge is 2.43. The van der Waals surface area contributed by atoms with E-state index in [2.05, 4.69) is 27.9 Å². The zero-order valence-electron chi connectivity index (χ0n) is 12.3. The summed E-state index contributed by atoms with van der Waals surface area (Å²) in [5.74, 6) is -0.906. The molecule has 1 amide bonds. The number of halogens is 1. The van der Waals surface area contributed by atoms with Crippen LogP contribution in [0.15, 0.2) is 18.2 Å². The highest BCUT2D eigenvalue weighted by atomic mass is 127. The largest absolute Gasteiger partial charge is 0.480 e. The number of rotatable bonds is 3. The molecule has 0 radical (unpaired) electrons. The van der Waals surface area contributed by atoms with E-state index in [9.17, 15) is 14.7 Å². The number of benzene rings is 1. The minimum atomic E-state index is -1.12. The number of aryl methyl sites for hydroxylation is 1. The Labute approximate surface area is 138 Å². The number of aliphatic carboxylic acids is 1. The van der Waals surface area contributed by atoms with Crippen molar-refractivity contribution in [3.05, 3.63) is 32.9 Å². The van der Waals surface area contributed by atoms with Crippen LogP contribution >= 0.6 is 22.6 Å². The second-order valence-corrected chi connectivity index (χ2v) is 7.06. The highest BCUT2D eigenvalue weighted by molar-refractivity contribution is 14.1. The third-order valence-electron chi connectivity index (χ3n) is 4.20. The van der Waals surface area contributed by atoms with Crippen LogP contribution in [0.2, 0.25) is 0 Å². The van der Waals surface area contributed by atoms with Crippen LogP contribution in [0.4, 0.5) is 0 Å². The summed E-state index contributed by atoms with van der Waals surface area (Å²) in [7, 11) is 0. The second kappa shape index (κ2) is 6.34. The number of nitrogens with one attached hydrogen (secondary N) is 1. The first kappa shape index (κ1) is 16.3. The average molecular weight is 401 g/mol. The third kappa shape index (κ3) is 3.39. The molecular weight excluding hydrogens is 381 g/mol. The van der Waals surface area contributed by atoms with Crippen molar-refractivity contribution in [2.24, 2.45) is 5.92 Å². The van der Waals surface area contributed by atoms with Crippen LogP contribution in [0, 0.1) is 16.4 Å². The molecule has 2 unspecified atom stereocenters. The molecule has 5 heteroatoms. The van der Waals surface area contributed by atoms with E-state index in [-0.39, 0.29) is 5.91 Å². The van der Waals surface area contributed by atoms with E-state index in [0.717, 1.165) is 22.0 Å². The lowest BCUT2D eigenvalue weighted by atomic mass is 9.76. The summed E-state index contributed by atoms with van der Waals surface area (Å²) < 4.78 is 0.872. The minimum absolute atomic E-state index is 0.292. The molecule has 21 heavy (non-hydrogen) atoms. The van der Waals surface area contributed by atoms with Crippen molar-refractivity contribution < 1.29 is 14.7 Å². The van der Waals surface area contributed by atoms with E-state index in [1.807, 2.05) is 26.0 Å². The van der Waals surface area contributed by atoms with E-state index in [4.69, 9.17) is 0 Å². The second-order valence-electron chi connectivity index (χ2n) is 5.98. The molecule has 0 aliphatic heterocycles. The number of carbonyl (C=O) groups excluding carboxylic acids is 1. The lowest BCUT2D eigenvalue weighted by molar-refractivity contribution is -0.146. The number of carbonyl (C=O) groups is 2. The van der Waals surface area contributed by atoms with Crippen LogP contribution in [0.25, 0.3) is 0 Å². The van der Waals surface area contributed by atoms with Gasteiger partial charge in [-0.05, 0) is 59.9 Å². The fourth-order valence-corrected chi connectivity index (χ4v) is 3.62. The van der Waals surface area contributed by atoms with E-state index in [0.29, 0.717) is 24.3 Å². The molecule has 1 aromatic rings. The number of hydrogen-bond donors (Lipinski definition) is 2. The van der Waals surface area contributed by atoms with E-state index >= 15 is 0 Å². The lowest BCUT2D eigenvalue weighted by Crippen LogP contribution is -2.56. The van der Waals surface area contributed by atoms with Crippen LogP contribution < -0.4 is 5.32 Å². The summed E-state index contributed by atoms with van der Waals surface area (Å²) >= 11 is 2.13. The van der Waals surface area contributed by atoms with Crippen LogP contribution in [-0.2, 0) is 4.79 Å². The highest BCUT2D eigenvalue weighted by Crippen LogP contribution is 2.33. The first-order valence-corrected chi connectivity index (χ1v) is 8.24. The molecule has 0 bridgehead atoms. The van der Waals surface area contributed by atoms with Gasteiger partial charge >= 0.3 is 5.97 Å². The van der Waals surface area contributed by atoms with Gasteiger partial charge in [0.1, 0.15) is 5.54 Å². The Morgan fingerprint density at radius 3 is 2.76 bits per heavy atom. The van der Waals surface area contributed by atoms with Gasteiger partial charge in [0.2, 0.25) is 0 Å². The van der Waals surface area contributed by atoms with E-state index in [1.165, 1.54) is 0 Å². The molecule has 4 nitrogen and oxygen atoms in total. The fourth-order valence-electron chi connectivity index (χ4n) is 3.02. The van der Waals surface area contributed by atoms with E-state index < -0.39 is 11.5 Å². The summed E-state index contributed by atoms with van der Waals surface area (Å²) in [5, 5.41) is 12.4. The van der Waals surface area contributed by atoms with Gasteiger partial charge in [0, 0.05) is 3.57 Å². The molecule has 0 aromatic heterocycles. The van der Waals surface area contributed by atoms with Crippen LogP contribution in [0.3, 0.4) is 0 Å². The van der Waals surface area contributed by atoms with Gasteiger partial charge in [-0.3, -0.25) is 4.79 Å². The van der Waals surface area contributed by atoms with Crippen molar-refractivity contribution in [3.8, 4) is 0 Å².